The fourth-order valence-corrected chi connectivity index (χ4v) is 5.59. The molecule has 3 N–H and O–H groups in total. The highest BCUT2D eigenvalue weighted by molar-refractivity contribution is 7.17. The van der Waals surface area contributed by atoms with E-state index in [1.165, 1.54) is 16.2 Å². The van der Waals surface area contributed by atoms with E-state index in [4.69, 9.17) is 15.2 Å². The maximum atomic E-state index is 12.8. The fourth-order valence-electron chi connectivity index (χ4n) is 4.24. The predicted molar refractivity (Wildman–Crippen MR) is 124 cm³/mol. The van der Waals surface area contributed by atoms with E-state index in [9.17, 15) is 9.59 Å². The molecule has 3 rings (SSSR count). The predicted octanol–water partition coefficient (Wildman–Crippen LogP) is 4.59. The zero-order chi connectivity index (χ0) is 22.8. The highest BCUT2D eigenvalue weighted by atomic mass is 32.1. The monoisotopic (exact) mass is 444 g/mol. The molecule has 2 amide bonds. The minimum Gasteiger partial charge on any atom is -0.493 e. The van der Waals surface area contributed by atoms with E-state index < -0.39 is 5.91 Å². The van der Waals surface area contributed by atoms with Crippen LogP contribution in [0.1, 0.15) is 60.0 Å². The lowest BCUT2D eigenvalue weighted by Gasteiger charge is -2.36. The second kappa shape index (κ2) is 9.30. The van der Waals surface area contributed by atoms with Gasteiger partial charge in [-0.2, -0.15) is 0 Å². The zero-order valence-corrected chi connectivity index (χ0v) is 19.8. The number of amides is 2. The number of carbonyl (C=O) groups is 2. The van der Waals surface area contributed by atoms with Crippen molar-refractivity contribution >= 4 is 28.2 Å². The molecule has 0 unspecified atom stereocenters. The van der Waals surface area contributed by atoms with Crippen molar-refractivity contribution < 1.29 is 19.1 Å². The van der Waals surface area contributed by atoms with Crippen molar-refractivity contribution in [2.75, 3.05) is 19.5 Å². The first-order valence-electron chi connectivity index (χ1n) is 10.6. The minimum absolute atomic E-state index is 0.159. The number of rotatable bonds is 8. The summed E-state index contributed by atoms with van der Waals surface area (Å²) in [6, 6.07) is 5.38. The van der Waals surface area contributed by atoms with Gasteiger partial charge in [0.2, 0.25) is 5.91 Å². The summed E-state index contributed by atoms with van der Waals surface area (Å²) in [6.45, 7) is 6.83. The Morgan fingerprint density at radius 2 is 1.94 bits per heavy atom. The number of nitrogens with two attached hydrogens (primary N) is 1. The quantitative estimate of drug-likeness (QED) is 0.623. The number of anilines is 1. The van der Waals surface area contributed by atoms with Gasteiger partial charge < -0.3 is 20.5 Å². The number of hydrogen-bond acceptors (Lipinski definition) is 5. The van der Waals surface area contributed by atoms with Gasteiger partial charge in [-0.05, 0) is 53.9 Å². The van der Waals surface area contributed by atoms with E-state index in [1.807, 2.05) is 6.07 Å². The Morgan fingerprint density at radius 1 is 1.23 bits per heavy atom. The Labute approximate surface area is 188 Å². The summed E-state index contributed by atoms with van der Waals surface area (Å²) in [7, 11) is 3.13. The fraction of sp³-hybridized carbons (Fsp3) is 0.500. The molecule has 1 heterocycles. The summed E-state index contributed by atoms with van der Waals surface area (Å²) in [5, 5.41) is 3.51. The molecule has 0 fully saturated rings. The van der Waals surface area contributed by atoms with Crippen LogP contribution < -0.4 is 20.5 Å². The van der Waals surface area contributed by atoms with E-state index in [0.717, 1.165) is 36.8 Å². The molecule has 0 bridgehead atoms. The van der Waals surface area contributed by atoms with Crippen molar-refractivity contribution in [2.24, 2.45) is 17.1 Å². The van der Waals surface area contributed by atoms with Crippen LogP contribution in [-0.4, -0.2) is 26.0 Å². The lowest BCUT2D eigenvalue weighted by molar-refractivity contribution is -0.115. The van der Waals surface area contributed by atoms with Crippen LogP contribution in [0.4, 0.5) is 5.00 Å². The number of hydrogen-bond donors (Lipinski definition) is 2. The largest absolute Gasteiger partial charge is 0.493 e. The van der Waals surface area contributed by atoms with Crippen molar-refractivity contribution in [3.8, 4) is 11.5 Å². The first-order chi connectivity index (χ1) is 14.7. The Hall–Kier alpha value is -2.54. The molecule has 1 aromatic heterocycles. The van der Waals surface area contributed by atoms with Crippen molar-refractivity contribution in [1.29, 1.82) is 0 Å². The number of thiophene rings is 1. The molecule has 0 saturated heterocycles. The molecule has 7 heteroatoms. The van der Waals surface area contributed by atoms with Crippen molar-refractivity contribution in [3.05, 3.63) is 39.8 Å². The van der Waals surface area contributed by atoms with Crippen LogP contribution in [0.2, 0.25) is 0 Å². The Bertz CT molecular complexity index is 980. The maximum Gasteiger partial charge on any atom is 0.251 e. The molecule has 0 saturated carbocycles. The molecule has 6 nitrogen and oxygen atoms in total. The molecule has 0 spiro atoms. The van der Waals surface area contributed by atoms with E-state index >= 15 is 0 Å². The molecular formula is C24H32N2O4S. The van der Waals surface area contributed by atoms with Gasteiger partial charge in [-0.15, -0.1) is 11.3 Å². The lowest BCUT2D eigenvalue weighted by atomic mass is 9.69. The summed E-state index contributed by atoms with van der Waals surface area (Å²) in [6.07, 6.45) is 4.04. The van der Waals surface area contributed by atoms with Gasteiger partial charge in [-0.3, -0.25) is 9.59 Å². The SMILES string of the molecule is CCC(C)(C)[C@@H]1CCc2c(sc(NC(=O)Cc3ccc(OC)c(OC)c3)c2C(N)=O)C1. The van der Waals surface area contributed by atoms with E-state index in [0.29, 0.717) is 28.0 Å². The normalized spacial score (nSPS) is 15.8. The van der Waals surface area contributed by atoms with Crippen LogP contribution in [-0.2, 0) is 24.1 Å². The van der Waals surface area contributed by atoms with Crippen LogP contribution in [0.3, 0.4) is 0 Å². The highest BCUT2D eigenvalue weighted by Gasteiger charge is 2.35. The Balaban J connectivity index is 1.80. The van der Waals surface area contributed by atoms with E-state index in [-0.39, 0.29) is 17.7 Å². The molecular weight excluding hydrogens is 412 g/mol. The molecule has 31 heavy (non-hydrogen) atoms. The third-order valence-electron chi connectivity index (χ3n) is 6.59. The molecule has 0 aliphatic heterocycles. The first-order valence-corrected chi connectivity index (χ1v) is 11.5. The van der Waals surface area contributed by atoms with E-state index in [2.05, 4.69) is 26.1 Å². The van der Waals surface area contributed by atoms with Gasteiger partial charge in [-0.25, -0.2) is 0 Å². The number of nitrogens with one attached hydrogen (secondary N) is 1. The van der Waals surface area contributed by atoms with Gasteiger partial charge >= 0.3 is 0 Å². The first kappa shape index (κ1) is 23.1. The third-order valence-corrected chi connectivity index (χ3v) is 7.76. The molecule has 1 aromatic carbocycles. The number of benzene rings is 1. The van der Waals surface area contributed by atoms with Gasteiger partial charge in [0.15, 0.2) is 11.5 Å². The minimum atomic E-state index is -0.480. The smallest absolute Gasteiger partial charge is 0.251 e. The topological polar surface area (TPSA) is 90.7 Å². The van der Waals surface area contributed by atoms with Crippen LogP contribution in [0.25, 0.3) is 0 Å². The summed E-state index contributed by atoms with van der Waals surface area (Å²) < 4.78 is 10.6. The molecule has 1 atom stereocenters. The van der Waals surface area contributed by atoms with Crippen molar-refractivity contribution in [1.82, 2.24) is 0 Å². The van der Waals surface area contributed by atoms with Crippen LogP contribution in [0, 0.1) is 11.3 Å². The summed E-state index contributed by atoms with van der Waals surface area (Å²) in [5.74, 6) is 1.06. The average molecular weight is 445 g/mol. The standard InChI is InChI=1S/C24H32N2O4S/c1-6-24(2,3)15-8-9-16-19(13-15)31-23(21(16)22(25)28)26-20(27)12-14-7-10-17(29-4)18(11-14)30-5/h7,10-11,15H,6,8-9,12-13H2,1-5H3,(H2,25,28)(H,26,27)/t15-/m1/s1. The highest BCUT2D eigenvalue weighted by Crippen LogP contribution is 2.45. The van der Waals surface area contributed by atoms with Gasteiger partial charge in [-0.1, -0.05) is 33.3 Å². The average Bonchev–Trinajstić information content (AvgIpc) is 3.10. The molecule has 1 aliphatic carbocycles. The maximum absolute atomic E-state index is 12.8. The number of primary amides is 1. The van der Waals surface area contributed by atoms with Crippen LogP contribution >= 0.6 is 11.3 Å². The third kappa shape index (κ3) is 4.87. The Morgan fingerprint density at radius 3 is 2.55 bits per heavy atom. The lowest BCUT2D eigenvalue weighted by Crippen LogP contribution is -2.29. The van der Waals surface area contributed by atoms with Crippen molar-refractivity contribution in [2.45, 2.75) is 52.9 Å². The molecule has 2 aromatic rings. The molecule has 168 valence electrons. The summed E-state index contributed by atoms with van der Waals surface area (Å²) in [5.41, 5.74) is 8.24. The summed E-state index contributed by atoms with van der Waals surface area (Å²) in [4.78, 5) is 26.2. The molecule has 1 aliphatic rings. The van der Waals surface area contributed by atoms with Crippen molar-refractivity contribution in [3.63, 3.8) is 0 Å². The van der Waals surface area contributed by atoms with Crippen LogP contribution in [0.5, 0.6) is 11.5 Å². The number of fused-ring (bicyclic) bond motifs is 1. The molecule has 0 radical (unpaired) electrons. The number of methoxy groups -OCH3 is 2. The number of ether oxygens (including phenoxy) is 2. The number of carbonyl (C=O) groups excluding carboxylic acids is 2. The second-order valence-corrected chi connectivity index (χ2v) is 9.87. The van der Waals surface area contributed by atoms with E-state index in [1.54, 1.807) is 26.4 Å². The van der Waals surface area contributed by atoms with Crippen LogP contribution in [0.15, 0.2) is 18.2 Å². The van der Waals surface area contributed by atoms with Gasteiger partial charge in [0.05, 0.1) is 26.2 Å². The van der Waals surface area contributed by atoms with Gasteiger partial charge in [0.25, 0.3) is 5.91 Å². The Kier molecular flexibility index (Phi) is 6.94. The van der Waals surface area contributed by atoms with Gasteiger partial charge in [0, 0.05) is 4.88 Å². The summed E-state index contributed by atoms with van der Waals surface area (Å²) >= 11 is 1.50. The second-order valence-electron chi connectivity index (χ2n) is 8.77. The van der Waals surface area contributed by atoms with Gasteiger partial charge in [0.1, 0.15) is 5.00 Å². The zero-order valence-electron chi connectivity index (χ0n) is 19.0.